The molecule has 0 spiro atoms. The first kappa shape index (κ1) is 17.0. The van der Waals surface area contributed by atoms with Gasteiger partial charge in [-0.15, -0.1) is 15.3 Å². The van der Waals surface area contributed by atoms with E-state index in [2.05, 4.69) is 44.9 Å². The van der Waals surface area contributed by atoms with Gasteiger partial charge in [0.05, 0.1) is 11.0 Å². The number of hydrogen-bond donors (Lipinski definition) is 0. The number of fused-ring (bicyclic) bond motifs is 2. The maximum atomic E-state index is 4.84. The molecule has 5 rings (SSSR count). The molecule has 0 amide bonds. The van der Waals surface area contributed by atoms with E-state index in [0.29, 0.717) is 5.92 Å². The Morgan fingerprint density at radius 3 is 2.54 bits per heavy atom. The second-order valence-electron chi connectivity index (χ2n) is 7.64. The topological polar surface area (TPSA) is 67.4 Å². The monoisotopic (exact) mass is 376 g/mol. The molecular formula is C20H24N8. The molecule has 0 aliphatic carbocycles. The molecule has 0 bridgehead atoms. The second-order valence-corrected chi connectivity index (χ2v) is 7.64. The Morgan fingerprint density at radius 2 is 1.79 bits per heavy atom. The van der Waals surface area contributed by atoms with Gasteiger partial charge in [0.15, 0.2) is 11.5 Å². The number of para-hydroxylation sites is 2. The molecule has 0 N–H and O–H groups in total. The summed E-state index contributed by atoms with van der Waals surface area (Å²) in [6.07, 6.45) is 2.02. The number of piperidine rings is 1. The number of aryl methyl sites for hydroxylation is 1. The standard InChI is InChI=1S/C20H24N8/c1-25(2)18-9-8-17-22-23-19(28(17)24-18)14-10-12-27(13-11-14)20-21-15-6-4-5-7-16(15)26(20)3/h4-9,14H,10-13H2,1-3H3. The van der Waals surface area contributed by atoms with Gasteiger partial charge in [-0.1, -0.05) is 12.1 Å². The van der Waals surface area contributed by atoms with Crippen LogP contribution in [0, 0.1) is 0 Å². The first-order valence-electron chi connectivity index (χ1n) is 9.68. The van der Waals surface area contributed by atoms with Crippen LogP contribution in [0.25, 0.3) is 16.7 Å². The summed E-state index contributed by atoms with van der Waals surface area (Å²) in [5, 5.41) is 13.5. The predicted octanol–water partition coefficient (Wildman–Crippen LogP) is 2.46. The molecule has 1 fully saturated rings. The van der Waals surface area contributed by atoms with Crippen molar-refractivity contribution >= 4 is 28.4 Å². The molecule has 1 saturated heterocycles. The molecule has 0 unspecified atom stereocenters. The molecule has 1 aliphatic rings. The lowest BCUT2D eigenvalue weighted by Crippen LogP contribution is -2.35. The number of anilines is 2. The van der Waals surface area contributed by atoms with Gasteiger partial charge in [-0.2, -0.15) is 4.52 Å². The van der Waals surface area contributed by atoms with Crippen LogP contribution < -0.4 is 9.80 Å². The molecule has 0 saturated carbocycles. The number of imidazole rings is 1. The van der Waals surface area contributed by atoms with E-state index in [1.807, 2.05) is 41.7 Å². The lowest BCUT2D eigenvalue weighted by molar-refractivity contribution is 0.470. The fourth-order valence-electron chi connectivity index (χ4n) is 4.04. The summed E-state index contributed by atoms with van der Waals surface area (Å²) in [7, 11) is 6.08. The van der Waals surface area contributed by atoms with Gasteiger partial charge >= 0.3 is 0 Å². The minimum absolute atomic E-state index is 0.353. The highest BCUT2D eigenvalue weighted by atomic mass is 15.4. The van der Waals surface area contributed by atoms with Gasteiger partial charge in [-0.25, -0.2) is 4.98 Å². The molecule has 4 heterocycles. The zero-order valence-electron chi connectivity index (χ0n) is 16.4. The van der Waals surface area contributed by atoms with Gasteiger partial charge < -0.3 is 14.4 Å². The van der Waals surface area contributed by atoms with Crippen LogP contribution in [-0.2, 0) is 7.05 Å². The second kappa shape index (κ2) is 6.47. The van der Waals surface area contributed by atoms with Crippen molar-refractivity contribution in [2.75, 3.05) is 37.0 Å². The number of nitrogens with zero attached hydrogens (tertiary/aromatic N) is 8. The van der Waals surface area contributed by atoms with Crippen molar-refractivity contribution in [1.82, 2.24) is 29.4 Å². The molecule has 144 valence electrons. The van der Waals surface area contributed by atoms with Crippen LogP contribution in [0.3, 0.4) is 0 Å². The van der Waals surface area contributed by atoms with Crippen LogP contribution in [0.4, 0.5) is 11.8 Å². The Bertz CT molecular complexity index is 1130. The van der Waals surface area contributed by atoms with E-state index in [0.717, 1.165) is 54.7 Å². The number of hydrogen-bond acceptors (Lipinski definition) is 6. The van der Waals surface area contributed by atoms with Gasteiger partial charge in [0.1, 0.15) is 5.82 Å². The van der Waals surface area contributed by atoms with Gasteiger partial charge in [0, 0.05) is 40.2 Å². The smallest absolute Gasteiger partial charge is 0.206 e. The Balaban J connectivity index is 1.39. The molecule has 0 atom stereocenters. The SMILES string of the molecule is CN(C)c1ccc2nnc(C3CCN(c4nc5ccccc5n4C)CC3)n2n1. The van der Waals surface area contributed by atoms with Crippen molar-refractivity contribution in [3.05, 3.63) is 42.2 Å². The lowest BCUT2D eigenvalue weighted by Gasteiger charge is -2.31. The molecule has 3 aromatic heterocycles. The maximum absolute atomic E-state index is 4.84. The fourth-order valence-corrected chi connectivity index (χ4v) is 4.04. The minimum Gasteiger partial charge on any atom is -0.361 e. The van der Waals surface area contributed by atoms with Gasteiger partial charge in [0.25, 0.3) is 0 Å². The number of rotatable bonds is 3. The Labute approximate surface area is 163 Å². The summed E-state index contributed by atoms with van der Waals surface area (Å²) in [6.45, 7) is 1.90. The largest absolute Gasteiger partial charge is 0.361 e. The highest BCUT2D eigenvalue weighted by molar-refractivity contribution is 5.78. The first-order chi connectivity index (χ1) is 13.6. The van der Waals surface area contributed by atoms with Crippen molar-refractivity contribution in [1.29, 1.82) is 0 Å². The zero-order valence-corrected chi connectivity index (χ0v) is 16.4. The van der Waals surface area contributed by atoms with Crippen LogP contribution in [0.5, 0.6) is 0 Å². The third kappa shape index (κ3) is 2.67. The first-order valence-corrected chi connectivity index (χ1v) is 9.68. The third-order valence-corrected chi connectivity index (χ3v) is 5.64. The Morgan fingerprint density at radius 1 is 1.00 bits per heavy atom. The molecule has 28 heavy (non-hydrogen) atoms. The minimum atomic E-state index is 0.353. The molecule has 8 nitrogen and oxygen atoms in total. The van der Waals surface area contributed by atoms with E-state index in [4.69, 9.17) is 10.1 Å². The van der Waals surface area contributed by atoms with Crippen LogP contribution in [-0.4, -0.2) is 56.5 Å². The maximum Gasteiger partial charge on any atom is 0.206 e. The van der Waals surface area contributed by atoms with Crippen molar-refractivity contribution in [3.8, 4) is 0 Å². The molecule has 0 radical (unpaired) electrons. The summed E-state index contributed by atoms with van der Waals surface area (Å²) < 4.78 is 4.10. The average Bonchev–Trinajstić information content (AvgIpc) is 3.29. The van der Waals surface area contributed by atoms with Gasteiger partial charge in [-0.05, 0) is 37.1 Å². The van der Waals surface area contributed by atoms with Gasteiger partial charge in [0.2, 0.25) is 5.95 Å². The van der Waals surface area contributed by atoms with Crippen molar-refractivity contribution < 1.29 is 0 Å². The summed E-state index contributed by atoms with van der Waals surface area (Å²) in [5.41, 5.74) is 3.02. The highest BCUT2D eigenvalue weighted by Crippen LogP contribution is 2.30. The van der Waals surface area contributed by atoms with E-state index < -0.39 is 0 Å². The van der Waals surface area contributed by atoms with E-state index >= 15 is 0 Å². The number of benzene rings is 1. The van der Waals surface area contributed by atoms with Crippen molar-refractivity contribution in [2.24, 2.45) is 7.05 Å². The molecule has 1 aliphatic heterocycles. The molecular weight excluding hydrogens is 352 g/mol. The number of aromatic nitrogens is 6. The zero-order chi connectivity index (χ0) is 19.3. The Hall–Kier alpha value is -3.16. The van der Waals surface area contributed by atoms with E-state index in [9.17, 15) is 0 Å². The van der Waals surface area contributed by atoms with Crippen LogP contribution in [0.1, 0.15) is 24.6 Å². The summed E-state index contributed by atoms with van der Waals surface area (Å²) in [5.74, 6) is 3.26. The van der Waals surface area contributed by atoms with Crippen molar-refractivity contribution in [3.63, 3.8) is 0 Å². The molecule has 1 aromatic carbocycles. The fraction of sp³-hybridized carbons (Fsp3) is 0.400. The van der Waals surface area contributed by atoms with Gasteiger partial charge in [-0.3, -0.25) is 0 Å². The van der Waals surface area contributed by atoms with Crippen LogP contribution in [0.2, 0.25) is 0 Å². The lowest BCUT2D eigenvalue weighted by atomic mass is 9.96. The third-order valence-electron chi connectivity index (χ3n) is 5.64. The van der Waals surface area contributed by atoms with Crippen LogP contribution in [0.15, 0.2) is 36.4 Å². The van der Waals surface area contributed by atoms with Crippen LogP contribution >= 0.6 is 0 Å². The predicted molar refractivity (Wildman–Crippen MR) is 110 cm³/mol. The van der Waals surface area contributed by atoms with E-state index in [-0.39, 0.29) is 0 Å². The Kier molecular flexibility index (Phi) is 3.92. The average molecular weight is 376 g/mol. The molecule has 8 heteroatoms. The quantitative estimate of drug-likeness (QED) is 0.547. The summed E-state index contributed by atoms with van der Waals surface area (Å²) >= 11 is 0. The highest BCUT2D eigenvalue weighted by Gasteiger charge is 2.27. The summed E-state index contributed by atoms with van der Waals surface area (Å²) in [6, 6.07) is 12.2. The molecule has 4 aromatic rings. The normalized spacial score (nSPS) is 15.6. The van der Waals surface area contributed by atoms with Crippen molar-refractivity contribution in [2.45, 2.75) is 18.8 Å². The van der Waals surface area contributed by atoms with E-state index in [1.54, 1.807) is 0 Å². The summed E-state index contributed by atoms with van der Waals surface area (Å²) in [4.78, 5) is 9.21. The van der Waals surface area contributed by atoms with E-state index in [1.165, 1.54) is 5.52 Å².